The van der Waals surface area contributed by atoms with E-state index in [0.29, 0.717) is 24.3 Å². The van der Waals surface area contributed by atoms with Crippen molar-refractivity contribution in [3.8, 4) is 11.5 Å². The van der Waals surface area contributed by atoms with E-state index in [1.54, 1.807) is 13.2 Å². The number of carboxylic acids is 1. The average molecular weight is 470 g/mol. The van der Waals surface area contributed by atoms with Gasteiger partial charge in [-0.3, -0.25) is 19.2 Å². The number of ether oxygens (including phenoxy) is 2. The second kappa shape index (κ2) is 11.4. The van der Waals surface area contributed by atoms with Crippen LogP contribution in [0.3, 0.4) is 0 Å². The van der Waals surface area contributed by atoms with Crippen molar-refractivity contribution in [2.45, 2.75) is 32.7 Å². The van der Waals surface area contributed by atoms with E-state index in [4.69, 9.17) is 9.47 Å². The summed E-state index contributed by atoms with van der Waals surface area (Å²) in [5.74, 6) is -0.701. The summed E-state index contributed by atoms with van der Waals surface area (Å²) in [6, 6.07) is 3.20. The molecule has 1 amide bonds. The summed E-state index contributed by atoms with van der Waals surface area (Å²) in [6.07, 6.45) is 1.23. The fourth-order valence-electron chi connectivity index (χ4n) is 3.58. The smallest absolute Gasteiger partial charge is 0.323 e. The zero-order valence-corrected chi connectivity index (χ0v) is 19.6. The van der Waals surface area contributed by atoms with Crippen molar-refractivity contribution < 1.29 is 33.8 Å². The number of aryl methyl sites for hydroxylation is 1. The van der Waals surface area contributed by atoms with Gasteiger partial charge in [0.2, 0.25) is 5.91 Å². The van der Waals surface area contributed by atoms with Crippen LogP contribution in [-0.4, -0.2) is 64.4 Å². The zero-order valence-electron chi connectivity index (χ0n) is 18.0. The molecule has 0 fully saturated rings. The molecule has 8 nitrogen and oxygen atoms in total. The Bertz CT molecular complexity index is 840. The maximum absolute atomic E-state index is 13.4. The molecule has 1 unspecified atom stereocenters. The normalized spacial score (nSPS) is 14.8. The number of rotatable bonds is 10. The van der Waals surface area contributed by atoms with E-state index < -0.39 is 24.5 Å². The number of benzene rings is 1. The predicted molar refractivity (Wildman–Crippen MR) is 120 cm³/mol. The van der Waals surface area contributed by atoms with E-state index in [2.05, 4.69) is 0 Å². The van der Waals surface area contributed by atoms with Crippen molar-refractivity contribution in [2.75, 3.05) is 32.3 Å². The largest absolute Gasteiger partial charge is 0.493 e. The minimum Gasteiger partial charge on any atom is -0.493 e. The molecule has 0 bridgehead atoms. The summed E-state index contributed by atoms with van der Waals surface area (Å²) in [7, 11) is 3.06. The fourth-order valence-corrected chi connectivity index (χ4v) is 5.13. The molecule has 1 aliphatic rings. The lowest BCUT2D eigenvalue weighted by Gasteiger charge is -2.31. The molecule has 31 heavy (non-hydrogen) atoms. The van der Waals surface area contributed by atoms with E-state index in [1.807, 2.05) is 6.07 Å². The van der Waals surface area contributed by atoms with Gasteiger partial charge in [0.1, 0.15) is 6.54 Å². The Morgan fingerprint density at radius 3 is 2.10 bits per heavy atom. The summed E-state index contributed by atoms with van der Waals surface area (Å²) < 4.78 is 10.7. The summed E-state index contributed by atoms with van der Waals surface area (Å²) in [5, 5.41) is 9.20. The topological polar surface area (TPSA) is 110 Å². The highest BCUT2D eigenvalue weighted by molar-refractivity contribution is 8.14. The molecule has 0 heterocycles. The standard InChI is InChI=1S/C21H27NO7S2/c1-12(23)30-10-15(11-31-13(2)24)21(27)22(9-20(25)26)17-6-5-14-7-18(28-3)19(29-4)8-16(14)17/h7-8,15,17H,5-6,9-11H2,1-4H3,(H,25,26). The van der Waals surface area contributed by atoms with Crippen LogP contribution in [0.2, 0.25) is 0 Å². The third kappa shape index (κ3) is 6.64. The first kappa shape index (κ1) is 25.1. The number of carbonyl (C=O) groups excluding carboxylic acids is 3. The van der Waals surface area contributed by atoms with E-state index >= 15 is 0 Å². The molecule has 1 N–H and O–H groups in total. The third-order valence-electron chi connectivity index (χ3n) is 4.98. The van der Waals surface area contributed by atoms with Crippen LogP contribution in [0.1, 0.15) is 37.4 Å². The van der Waals surface area contributed by atoms with Crippen molar-refractivity contribution in [3.63, 3.8) is 0 Å². The van der Waals surface area contributed by atoms with Crippen LogP contribution in [0.25, 0.3) is 0 Å². The van der Waals surface area contributed by atoms with Crippen LogP contribution in [-0.2, 0) is 25.6 Å². The molecule has 1 atom stereocenters. The molecule has 0 spiro atoms. The Balaban J connectivity index is 2.38. The molecule has 0 aliphatic heterocycles. The highest BCUT2D eigenvalue weighted by Gasteiger charge is 2.36. The lowest BCUT2D eigenvalue weighted by atomic mass is 10.0. The Kier molecular flexibility index (Phi) is 9.24. The number of carbonyl (C=O) groups is 4. The van der Waals surface area contributed by atoms with Crippen LogP contribution in [0.5, 0.6) is 11.5 Å². The highest BCUT2D eigenvalue weighted by Crippen LogP contribution is 2.42. The molecule has 0 saturated carbocycles. The number of hydrogen-bond acceptors (Lipinski definition) is 8. The maximum Gasteiger partial charge on any atom is 0.323 e. The van der Waals surface area contributed by atoms with Crippen LogP contribution >= 0.6 is 23.5 Å². The number of methoxy groups -OCH3 is 2. The Hall–Kier alpha value is -2.20. The lowest BCUT2D eigenvalue weighted by molar-refractivity contribution is -0.147. The van der Waals surface area contributed by atoms with Gasteiger partial charge in [-0.1, -0.05) is 23.5 Å². The Labute approximate surface area is 190 Å². The molecule has 2 rings (SSSR count). The lowest BCUT2D eigenvalue weighted by Crippen LogP contribution is -2.43. The van der Waals surface area contributed by atoms with Crippen molar-refractivity contribution in [3.05, 3.63) is 23.3 Å². The summed E-state index contributed by atoms with van der Waals surface area (Å²) in [4.78, 5) is 49.3. The molecule has 1 aromatic carbocycles. The first-order valence-electron chi connectivity index (χ1n) is 9.71. The number of aliphatic carboxylic acids is 1. The minimum atomic E-state index is -1.13. The molecule has 0 aromatic heterocycles. The summed E-state index contributed by atoms with van der Waals surface area (Å²) in [5.41, 5.74) is 1.79. The van der Waals surface area contributed by atoms with Crippen molar-refractivity contribution >= 4 is 45.6 Å². The quantitative estimate of drug-likeness (QED) is 0.553. The molecule has 10 heteroatoms. The van der Waals surface area contributed by atoms with Gasteiger partial charge in [0.25, 0.3) is 0 Å². The highest BCUT2D eigenvalue weighted by atomic mass is 32.2. The van der Waals surface area contributed by atoms with E-state index in [1.165, 1.54) is 25.9 Å². The fraction of sp³-hybridized carbons (Fsp3) is 0.524. The van der Waals surface area contributed by atoms with Gasteiger partial charge in [-0.2, -0.15) is 0 Å². The van der Waals surface area contributed by atoms with E-state index in [9.17, 15) is 24.3 Å². The average Bonchev–Trinajstić information content (AvgIpc) is 3.12. The number of hydrogen-bond donors (Lipinski definition) is 1. The molecular weight excluding hydrogens is 442 g/mol. The van der Waals surface area contributed by atoms with Crippen LogP contribution < -0.4 is 9.47 Å². The van der Waals surface area contributed by atoms with Crippen LogP contribution in [0.4, 0.5) is 0 Å². The van der Waals surface area contributed by atoms with Gasteiger partial charge in [-0.05, 0) is 36.1 Å². The molecule has 170 valence electrons. The second-order valence-electron chi connectivity index (χ2n) is 7.12. The van der Waals surface area contributed by atoms with Gasteiger partial charge in [0.15, 0.2) is 21.7 Å². The zero-order chi connectivity index (χ0) is 23.1. The van der Waals surface area contributed by atoms with Crippen molar-refractivity contribution in [1.29, 1.82) is 0 Å². The van der Waals surface area contributed by atoms with Gasteiger partial charge in [0, 0.05) is 25.4 Å². The predicted octanol–water partition coefficient (Wildman–Crippen LogP) is 2.78. The van der Waals surface area contributed by atoms with Gasteiger partial charge in [-0.15, -0.1) is 0 Å². The number of amides is 1. The van der Waals surface area contributed by atoms with Crippen LogP contribution in [0.15, 0.2) is 12.1 Å². The number of fused-ring (bicyclic) bond motifs is 1. The molecule has 1 aromatic rings. The Morgan fingerprint density at radius 1 is 1.06 bits per heavy atom. The van der Waals surface area contributed by atoms with E-state index in [-0.39, 0.29) is 27.6 Å². The Morgan fingerprint density at radius 2 is 1.61 bits per heavy atom. The van der Waals surface area contributed by atoms with Gasteiger partial charge < -0.3 is 19.5 Å². The molecule has 0 radical (unpaired) electrons. The van der Waals surface area contributed by atoms with E-state index in [0.717, 1.165) is 34.7 Å². The number of carboxylic acid groups (broad SMARTS) is 1. The molecular formula is C21H27NO7S2. The van der Waals surface area contributed by atoms with Crippen molar-refractivity contribution in [2.24, 2.45) is 5.92 Å². The SMILES string of the molecule is COc1cc2c(cc1OC)C(N(CC(=O)O)C(=O)C(CSC(C)=O)CSC(C)=O)CC2. The first-order valence-corrected chi connectivity index (χ1v) is 11.7. The number of thioether (sulfide) groups is 2. The van der Waals surface area contributed by atoms with Crippen LogP contribution in [0, 0.1) is 5.92 Å². The van der Waals surface area contributed by atoms with Gasteiger partial charge in [0.05, 0.1) is 26.2 Å². The van der Waals surface area contributed by atoms with Crippen molar-refractivity contribution in [1.82, 2.24) is 4.90 Å². The molecule has 1 aliphatic carbocycles. The third-order valence-corrected chi connectivity index (χ3v) is 6.93. The first-order chi connectivity index (χ1) is 14.7. The minimum absolute atomic E-state index is 0.140. The summed E-state index contributed by atoms with van der Waals surface area (Å²) >= 11 is 2.00. The monoisotopic (exact) mass is 469 g/mol. The maximum atomic E-state index is 13.4. The summed E-state index contributed by atoms with van der Waals surface area (Å²) in [6.45, 7) is 2.35. The van der Waals surface area contributed by atoms with Gasteiger partial charge >= 0.3 is 5.97 Å². The number of nitrogens with zero attached hydrogens (tertiary/aromatic N) is 1. The molecule has 0 saturated heterocycles. The van der Waals surface area contributed by atoms with Gasteiger partial charge in [-0.25, -0.2) is 0 Å². The second-order valence-corrected chi connectivity index (χ2v) is 9.52.